The van der Waals surface area contributed by atoms with Crippen molar-refractivity contribution in [3.8, 4) is 0 Å². The molecule has 0 radical (unpaired) electrons. The van der Waals surface area contributed by atoms with Gasteiger partial charge in [0, 0.05) is 17.2 Å². The molecule has 0 fully saturated rings. The van der Waals surface area contributed by atoms with Crippen LogP contribution in [-0.2, 0) is 16.6 Å². The zero-order chi connectivity index (χ0) is 20.4. The zero-order valence-corrected chi connectivity index (χ0v) is 17.2. The van der Waals surface area contributed by atoms with E-state index in [-0.39, 0.29) is 17.7 Å². The highest BCUT2D eigenvalue weighted by molar-refractivity contribution is 7.16. The van der Waals surface area contributed by atoms with Gasteiger partial charge in [-0.1, -0.05) is 38.1 Å². The molecule has 3 heterocycles. The molecule has 1 aromatic carbocycles. The van der Waals surface area contributed by atoms with E-state index < -0.39 is 0 Å². The number of amides is 1. The predicted octanol–water partition coefficient (Wildman–Crippen LogP) is 4.90. The molecular formula is C21H21N5O2S. The third kappa shape index (κ3) is 4.43. The van der Waals surface area contributed by atoms with Gasteiger partial charge in [0.25, 0.3) is 0 Å². The molecular weight excluding hydrogens is 386 g/mol. The summed E-state index contributed by atoms with van der Waals surface area (Å²) in [6, 6.07) is 11.4. The van der Waals surface area contributed by atoms with Crippen LogP contribution in [0.25, 0.3) is 10.2 Å². The summed E-state index contributed by atoms with van der Waals surface area (Å²) in [5.41, 5.74) is 1.64. The highest BCUT2D eigenvalue weighted by Gasteiger charge is 2.20. The number of rotatable bonds is 5. The van der Waals surface area contributed by atoms with Crippen molar-refractivity contribution in [3.05, 3.63) is 59.4 Å². The first kappa shape index (κ1) is 19.1. The number of benzene rings is 1. The summed E-state index contributed by atoms with van der Waals surface area (Å²) < 4.78 is 5.29. The lowest BCUT2D eigenvalue weighted by Gasteiger charge is -2.12. The maximum atomic E-state index is 12.3. The van der Waals surface area contributed by atoms with Gasteiger partial charge < -0.3 is 15.2 Å². The summed E-state index contributed by atoms with van der Waals surface area (Å²) in [6.45, 7) is 6.08. The number of nitrogens with one attached hydrogen (secondary N) is 2. The Hall–Kier alpha value is -3.26. The second kappa shape index (κ2) is 7.63. The van der Waals surface area contributed by atoms with Gasteiger partial charge in [-0.2, -0.15) is 0 Å². The lowest BCUT2D eigenvalue weighted by molar-refractivity contribution is -0.115. The van der Waals surface area contributed by atoms with Crippen LogP contribution in [0.1, 0.15) is 32.1 Å². The number of hydrogen-bond donors (Lipinski definition) is 2. The number of carbonyl (C=O) groups excluding carboxylic acids is 1. The second-order valence-corrected chi connectivity index (χ2v) is 8.63. The van der Waals surface area contributed by atoms with Crippen molar-refractivity contribution in [2.75, 3.05) is 10.6 Å². The molecule has 0 saturated carbocycles. The molecule has 0 unspecified atom stereocenters. The van der Waals surface area contributed by atoms with Gasteiger partial charge in [-0.25, -0.2) is 9.97 Å². The van der Waals surface area contributed by atoms with E-state index in [1.54, 1.807) is 23.7 Å². The Labute approximate surface area is 172 Å². The van der Waals surface area contributed by atoms with E-state index >= 15 is 0 Å². The van der Waals surface area contributed by atoms with Gasteiger partial charge in [0.2, 0.25) is 5.91 Å². The molecule has 29 heavy (non-hydrogen) atoms. The predicted molar refractivity (Wildman–Crippen MR) is 115 cm³/mol. The molecule has 4 rings (SSSR count). The highest BCUT2D eigenvalue weighted by Crippen LogP contribution is 2.27. The van der Waals surface area contributed by atoms with Gasteiger partial charge in [-0.05, 0) is 29.1 Å². The molecule has 0 spiro atoms. The Bertz CT molecular complexity index is 1140. The van der Waals surface area contributed by atoms with Crippen molar-refractivity contribution in [2.24, 2.45) is 0 Å². The molecule has 0 aliphatic heterocycles. The van der Waals surface area contributed by atoms with Crippen LogP contribution >= 0.6 is 11.3 Å². The van der Waals surface area contributed by atoms with Crippen LogP contribution < -0.4 is 10.6 Å². The normalized spacial score (nSPS) is 11.6. The summed E-state index contributed by atoms with van der Waals surface area (Å²) in [6.07, 6.45) is 1.80. The topological polar surface area (TPSA) is 92.9 Å². The Kier molecular flexibility index (Phi) is 5.02. The van der Waals surface area contributed by atoms with E-state index in [9.17, 15) is 4.79 Å². The average molecular weight is 407 g/mol. The summed E-state index contributed by atoms with van der Waals surface area (Å²) in [5, 5.41) is 13.0. The summed E-state index contributed by atoms with van der Waals surface area (Å²) >= 11 is 1.58. The smallest absolute Gasteiger partial charge is 0.230 e. The molecule has 2 N–H and O–H groups in total. The molecule has 0 bridgehead atoms. The quantitative estimate of drug-likeness (QED) is 0.489. The Balaban J connectivity index is 1.38. The number of nitrogens with zero attached hydrogens (tertiary/aromatic N) is 3. The number of fused-ring (bicyclic) bond motifs is 1. The molecule has 7 nitrogen and oxygen atoms in total. The number of carbonyl (C=O) groups is 1. The van der Waals surface area contributed by atoms with Gasteiger partial charge in [0.1, 0.15) is 22.7 Å². The summed E-state index contributed by atoms with van der Waals surface area (Å²) in [7, 11) is 0. The van der Waals surface area contributed by atoms with E-state index in [2.05, 4.69) is 25.8 Å². The third-order valence-corrected chi connectivity index (χ3v) is 5.18. The second-order valence-electron chi connectivity index (χ2n) is 7.73. The van der Waals surface area contributed by atoms with Crippen molar-refractivity contribution in [1.82, 2.24) is 15.1 Å². The Morgan fingerprint density at radius 2 is 1.93 bits per heavy atom. The first-order chi connectivity index (χ1) is 13.9. The largest absolute Gasteiger partial charge is 0.359 e. The molecule has 0 saturated heterocycles. The highest BCUT2D eigenvalue weighted by atomic mass is 32.1. The van der Waals surface area contributed by atoms with E-state index in [4.69, 9.17) is 4.52 Å². The minimum Gasteiger partial charge on any atom is -0.359 e. The lowest BCUT2D eigenvalue weighted by Crippen LogP contribution is -2.14. The van der Waals surface area contributed by atoms with Crippen LogP contribution in [0.3, 0.4) is 0 Å². The van der Waals surface area contributed by atoms with Crippen molar-refractivity contribution in [1.29, 1.82) is 0 Å². The third-order valence-electron chi connectivity index (χ3n) is 4.36. The number of aromatic nitrogens is 3. The standard InChI is InChI=1S/C21H21N5O2S/c1-21(2,3)16-11-17(26-28-16)25-18(27)10-13-4-6-14(7-5-13)24-19-15-8-9-29-20(15)23-12-22-19/h4-9,11-12H,10H2,1-3H3,(H,22,23,24)(H,25,26,27). The van der Waals surface area contributed by atoms with E-state index in [1.165, 1.54) is 0 Å². The Morgan fingerprint density at radius 1 is 1.14 bits per heavy atom. The molecule has 148 valence electrons. The number of hydrogen-bond acceptors (Lipinski definition) is 7. The minimum absolute atomic E-state index is 0.143. The molecule has 3 aromatic heterocycles. The van der Waals surface area contributed by atoms with Gasteiger partial charge in [-0.3, -0.25) is 4.79 Å². The first-order valence-electron chi connectivity index (χ1n) is 9.20. The van der Waals surface area contributed by atoms with E-state index in [1.807, 2.05) is 56.5 Å². The molecule has 0 atom stereocenters. The van der Waals surface area contributed by atoms with Crippen molar-refractivity contribution >= 4 is 44.8 Å². The molecule has 8 heteroatoms. The number of anilines is 3. The molecule has 0 aliphatic rings. The van der Waals surface area contributed by atoms with Gasteiger partial charge >= 0.3 is 0 Å². The summed E-state index contributed by atoms with van der Waals surface area (Å²) in [5.74, 6) is 1.78. The van der Waals surface area contributed by atoms with Crippen LogP contribution in [0.15, 0.2) is 52.6 Å². The van der Waals surface area contributed by atoms with Gasteiger partial charge in [0.15, 0.2) is 5.82 Å². The van der Waals surface area contributed by atoms with Crippen molar-refractivity contribution in [3.63, 3.8) is 0 Å². The first-order valence-corrected chi connectivity index (χ1v) is 10.1. The number of thiophene rings is 1. The van der Waals surface area contributed by atoms with Crippen LogP contribution in [-0.4, -0.2) is 21.0 Å². The SMILES string of the molecule is CC(C)(C)c1cc(NC(=O)Cc2ccc(Nc3ncnc4sccc34)cc2)no1. The average Bonchev–Trinajstić information content (AvgIpc) is 3.33. The maximum Gasteiger partial charge on any atom is 0.230 e. The fourth-order valence-electron chi connectivity index (χ4n) is 2.79. The van der Waals surface area contributed by atoms with Gasteiger partial charge in [0.05, 0.1) is 11.8 Å². The fourth-order valence-corrected chi connectivity index (χ4v) is 3.53. The van der Waals surface area contributed by atoms with Crippen LogP contribution in [0.5, 0.6) is 0 Å². The van der Waals surface area contributed by atoms with Crippen molar-refractivity contribution in [2.45, 2.75) is 32.6 Å². The van der Waals surface area contributed by atoms with Crippen molar-refractivity contribution < 1.29 is 9.32 Å². The maximum absolute atomic E-state index is 12.3. The molecule has 0 aliphatic carbocycles. The summed E-state index contributed by atoms with van der Waals surface area (Å²) in [4.78, 5) is 21.8. The van der Waals surface area contributed by atoms with Crippen LogP contribution in [0.4, 0.5) is 17.3 Å². The van der Waals surface area contributed by atoms with E-state index in [0.29, 0.717) is 5.82 Å². The van der Waals surface area contributed by atoms with Crippen LogP contribution in [0.2, 0.25) is 0 Å². The molecule has 1 amide bonds. The van der Waals surface area contributed by atoms with Gasteiger partial charge in [-0.15, -0.1) is 11.3 Å². The van der Waals surface area contributed by atoms with E-state index in [0.717, 1.165) is 33.0 Å². The van der Waals surface area contributed by atoms with Crippen LogP contribution in [0, 0.1) is 0 Å². The lowest BCUT2D eigenvalue weighted by atomic mass is 9.93. The fraction of sp³-hybridized carbons (Fsp3) is 0.238. The monoisotopic (exact) mass is 407 g/mol. The minimum atomic E-state index is -0.156. The molecule has 4 aromatic rings. The zero-order valence-electron chi connectivity index (χ0n) is 16.4. The Morgan fingerprint density at radius 3 is 2.66 bits per heavy atom.